The molecule has 4 nitrogen and oxygen atoms in total. The third-order valence-electron chi connectivity index (χ3n) is 3.50. The van der Waals surface area contributed by atoms with Crippen LogP contribution in [0.4, 0.5) is 0 Å². The Morgan fingerprint density at radius 1 is 1.41 bits per heavy atom. The van der Waals surface area contributed by atoms with Gasteiger partial charge in [0.2, 0.25) is 0 Å². The molecule has 0 aromatic carbocycles. The maximum absolute atomic E-state index is 5.59. The third kappa shape index (κ3) is 4.04. The molecular formula is C13H23N3O. The number of rotatable bonds is 5. The first-order valence-corrected chi connectivity index (χ1v) is 6.59. The van der Waals surface area contributed by atoms with Gasteiger partial charge in [-0.1, -0.05) is 6.92 Å². The first-order chi connectivity index (χ1) is 8.24. The van der Waals surface area contributed by atoms with Crippen LogP contribution in [-0.4, -0.2) is 29.0 Å². The predicted molar refractivity (Wildman–Crippen MR) is 68.1 cm³/mol. The van der Waals surface area contributed by atoms with Crippen molar-refractivity contribution in [2.24, 2.45) is 13.0 Å². The van der Waals surface area contributed by atoms with Crippen molar-refractivity contribution in [3.63, 3.8) is 0 Å². The molecule has 1 saturated carbocycles. The molecule has 4 heteroatoms. The summed E-state index contributed by atoms with van der Waals surface area (Å²) in [6.45, 7) is 3.99. The van der Waals surface area contributed by atoms with Crippen LogP contribution in [0.1, 0.15) is 32.6 Å². The second-order valence-corrected chi connectivity index (χ2v) is 5.11. The van der Waals surface area contributed by atoms with Crippen LogP contribution in [0.25, 0.3) is 0 Å². The summed E-state index contributed by atoms with van der Waals surface area (Å²) in [5.41, 5.74) is 0. The van der Waals surface area contributed by atoms with E-state index in [1.54, 1.807) is 10.9 Å². The van der Waals surface area contributed by atoms with Gasteiger partial charge in [-0.2, -0.15) is 5.10 Å². The van der Waals surface area contributed by atoms with Crippen molar-refractivity contribution in [2.45, 2.75) is 38.6 Å². The van der Waals surface area contributed by atoms with E-state index in [0.29, 0.717) is 6.04 Å². The summed E-state index contributed by atoms with van der Waals surface area (Å²) in [4.78, 5) is 0. The zero-order valence-corrected chi connectivity index (χ0v) is 10.9. The summed E-state index contributed by atoms with van der Waals surface area (Å²) >= 11 is 0. The van der Waals surface area contributed by atoms with Gasteiger partial charge in [-0.25, -0.2) is 0 Å². The number of hydrogen-bond donors (Lipinski definition) is 1. The molecule has 1 aliphatic carbocycles. The number of ether oxygens (including phenoxy) is 1. The highest BCUT2D eigenvalue weighted by atomic mass is 16.5. The normalized spacial score (nSPS) is 24.8. The van der Waals surface area contributed by atoms with Gasteiger partial charge in [0.1, 0.15) is 6.61 Å². The topological polar surface area (TPSA) is 39.1 Å². The molecular weight excluding hydrogens is 214 g/mol. The van der Waals surface area contributed by atoms with E-state index in [0.717, 1.165) is 24.8 Å². The van der Waals surface area contributed by atoms with Crippen molar-refractivity contribution in [3.05, 3.63) is 12.4 Å². The Labute approximate surface area is 103 Å². The molecule has 17 heavy (non-hydrogen) atoms. The van der Waals surface area contributed by atoms with E-state index in [4.69, 9.17) is 4.74 Å². The molecule has 0 aliphatic heterocycles. The monoisotopic (exact) mass is 237 g/mol. The minimum absolute atomic E-state index is 0.698. The highest BCUT2D eigenvalue weighted by molar-refractivity contribution is 5.11. The Bertz CT molecular complexity index is 329. The molecule has 1 aromatic rings. The van der Waals surface area contributed by atoms with Gasteiger partial charge in [0.15, 0.2) is 5.75 Å². The van der Waals surface area contributed by atoms with E-state index < -0.39 is 0 Å². The first-order valence-electron chi connectivity index (χ1n) is 6.59. The van der Waals surface area contributed by atoms with E-state index in [-0.39, 0.29) is 0 Å². The highest BCUT2D eigenvalue weighted by Crippen LogP contribution is 2.23. The number of aryl methyl sites for hydroxylation is 1. The molecule has 1 heterocycles. The highest BCUT2D eigenvalue weighted by Gasteiger charge is 2.17. The number of aromatic nitrogens is 2. The fourth-order valence-electron chi connectivity index (χ4n) is 2.37. The first kappa shape index (κ1) is 12.4. The van der Waals surface area contributed by atoms with Crippen LogP contribution in [0.5, 0.6) is 5.75 Å². The van der Waals surface area contributed by atoms with Crippen LogP contribution >= 0.6 is 0 Å². The quantitative estimate of drug-likeness (QED) is 0.796. The molecule has 0 radical (unpaired) electrons. The van der Waals surface area contributed by atoms with Crippen LogP contribution in [0.2, 0.25) is 0 Å². The Morgan fingerprint density at radius 3 is 2.82 bits per heavy atom. The average Bonchev–Trinajstić information content (AvgIpc) is 2.73. The Morgan fingerprint density at radius 2 is 2.18 bits per heavy atom. The average molecular weight is 237 g/mol. The smallest absolute Gasteiger partial charge is 0.157 e. The lowest BCUT2D eigenvalue weighted by atomic mass is 9.87. The maximum atomic E-state index is 5.59. The van der Waals surface area contributed by atoms with Crippen LogP contribution in [0.3, 0.4) is 0 Å². The summed E-state index contributed by atoms with van der Waals surface area (Å²) in [7, 11) is 1.90. The van der Waals surface area contributed by atoms with Crippen molar-refractivity contribution in [1.29, 1.82) is 0 Å². The molecule has 0 saturated heterocycles. The third-order valence-corrected chi connectivity index (χ3v) is 3.50. The molecule has 1 aromatic heterocycles. The van der Waals surface area contributed by atoms with Crippen LogP contribution in [0.15, 0.2) is 12.4 Å². The van der Waals surface area contributed by atoms with Crippen LogP contribution in [-0.2, 0) is 7.05 Å². The molecule has 0 atom stereocenters. The fraction of sp³-hybridized carbons (Fsp3) is 0.769. The second kappa shape index (κ2) is 6.05. The van der Waals surface area contributed by atoms with Gasteiger partial charge < -0.3 is 10.1 Å². The molecule has 0 spiro atoms. The summed E-state index contributed by atoms with van der Waals surface area (Å²) in [6.07, 6.45) is 8.99. The van der Waals surface area contributed by atoms with Crippen molar-refractivity contribution in [2.75, 3.05) is 13.2 Å². The number of nitrogens with zero attached hydrogens (tertiary/aromatic N) is 2. The number of hydrogen-bond acceptors (Lipinski definition) is 3. The van der Waals surface area contributed by atoms with Gasteiger partial charge in [-0.3, -0.25) is 4.68 Å². The number of nitrogens with one attached hydrogen (secondary N) is 1. The summed E-state index contributed by atoms with van der Waals surface area (Å²) in [6, 6.07) is 0.698. The molecule has 2 rings (SSSR count). The van der Waals surface area contributed by atoms with E-state index >= 15 is 0 Å². The second-order valence-electron chi connectivity index (χ2n) is 5.11. The van der Waals surface area contributed by atoms with E-state index in [1.165, 1.54) is 25.7 Å². The maximum Gasteiger partial charge on any atom is 0.157 e. The predicted octanol–water partition coefficient (Wildman–Crippen LogP) is 1.97. The zero-order chi connectivity index (χ0) is 12.1. The molecule has 0 amide bonds. The Hall–Kier alpha value is -1.03. The Kier molecular flexibility index (Phi) is 4.42. The molecule has 1 aliphatic rings. The summed E-state index contributed by atoms with van der Waals surface area (Å²) in [5.74, 6) is 1.77. The zero-order valence-electron chi connectivity index (χ0n) is 10.9. The van der Waals surface area contributed by atoms with Crippen molar-refractivity contribution in [1.82, 2.24) is 15.1 Å². The SMILES string of the molecule is CC1CCC(NCCOc2cnn(C)c2)CC1. The van der Waals surface area contributed by atoms with Crippen molar-refractivity contribution < 1.29 is 4.74 Å². The largest absolute Gasteiger partial charge is 0.489 e. The summed E-state index contributed by atoms with van der Waals surface area (Å²) in [5, 5.41) is 7.63. The van der Waals surface area contributed by atoms with Crippen molar-refractivity contribution in [3.8, 4) is 5.75 Å². The van der Waals surface area contributed by atoms with Gasteiger partial charge in [0.25, 0.3) is 0 Å². The minimum atomic E-state index is 0.698. The van der Waals surface area contributed by atoms with Gasteiger partial charge in [-0.15, -0.1) is 0 Å². The van der Waals surface area contributed by atoms with Gasteiger partial charge in [0, 0.05) is 19.6 Å². The van der Waals surface area contributed by atoms with Crippen LogP contribution < -0.4 is 10.1 Å². The summed E-state index contributed by atoms with van der Waals surface area (Å²) < 4.78 is 7.35. The van der Waals surface area contributed by atoms with E-state index in [1.807, 2.05) is 13.2 Å². The van der Waals surface area contributed by atoms with Gasteiger partial charge in [-0.05, 0) is 31.6 Å². The molecule has 0 bridgehead atoms. The Balaban J connectivity index is 1.57. The van der Waals surface area contributed by atoms with Crippen LogP contribution in [0, 0.1) is 5.92 Å². The van der Waals surface area contributed by atoms with Gasteiger partial charge >= 0.3 is 0 Å². The lowest BCUT2D eigenvalue weighted by Crippen LogP contribution is -2.35. The fourth-order valence-corrected chi connectivity index (χ4v) is 2.37. The molecule has 1 N–H and O–H groups in total. The van der Waals surface area contributed by atoms with Crippen molar-refractivity contribution >= 4 is 0 Å². The molecule has 0 unspecified atom stereocenters. The standard InChI is InChI=1S/C13H23N3O/c1-11-3-5-12(6-4-11)14-7-8-17-13-9-15-16(2)10-13/h9-12,14H,3-8H2,1-2H3. The van der Waals surface area contributed by atoms with E-state index in [9.17, 15) is 0 Å². The lowest BCUT2D eigenvalue weighted by molar-refractivity contribution is 0.270. The van der Waals surface area contributed by atoms with Gasteiger partial charge in [0.05, 0.1) is 12.4 Å². The molecule has 96 valence electrons. The van der Waals surface area contributed by atoms with E-state index in [2.05, 4.69) is 17.3 Å². The lowest BCUT2D eigenvalue weighted by Gasteiger charge is -2.26. The minimum Gasteiger partial charge on any atom is -0.489 e. The molecule has 1 fully saturated rings.